The van der Waals surface area contributed by atoms with Gasteiger partial charge in [0.2, 0.25) is 0 Å². The standard InChI is InChI=1S/C15H24N4OS/c1-10-9-21-14(17-10)13(11-3-4-11)18-15(20)16-7-8-19(2)12-5-6-12/h9,11-13H,3-8H2,1-2H3,(H2,16,18,20). The molecule has 2 saturated carbocycles. The lowest BCUT2D eigenvalue weighted by molar-refractivity contribution is 0.232. The van der Waals surface area contributed by atoms with Crippen LogP contribution in [0.5, 0.6) is 0 Å². The van der Waals surface area contributed by atoms with Crippen LogP contribution in [0.3, 0.4) is 0 Å². The number of aromatic nitrogens is 1. The van der Waals surface area contributed by atoms with E-state index < -0.39 is 0 Å². The number of carbonyl (C=O) groups is 1. The normalized spacial score (nSPS) is 19.6. The summed E-state index contributed by atoms with van der Waals surface area (Å²) in [5.41, 5.74) is 1.04. The first kappa shape index (κ1) is 14.8. The Labute approximate surface area is 130 Å². The van der Waals surface area contributed by atoms with Gasteiger partial charge in [-0.15, -0.1) is 11.3 Å². The van der Waals surface area contributed by atoms with Gasteiger partial charge in [-0.3, -0.25) is 0 Å². The van der Waals surface area contributed by atoms with Gasteiger partial charge in [0.05, 0.1) is 6.04 Å². The van der Waals surface area contributed by atoms with Crippen molar-refractivity contribution in [1.29, 1.82) is 0 Å². The molecule has 0 bridgehead atoms. The Kier molecular flexibility index (Phi) is 4.45. The van der Waals surface area contributed by atoms with Crippen molar-refractivity contribution < 1.29 is 4.79 Å². The summed E-state index contributed by atoms with van der Waals surface area (Å²) in [7, 11) is 2.13. The van der Waals surface area contributed by atoms with Gasteiger partial charge in [-0.25, -0.2) is 9.78 Å². The Balaban J connectivity index is 1.45. The summed E-state index contributed by atoms with van der Waals surface area (Å²) in [6.45, 7) is 3.62. The molecule has 2 amide bonds. The molecule has 1 aromatic rings. The number of urea groups is 1. The van der Waals surface area contributed by atoms with Crippen molar-refractivity contribution in [3.8, 4) is 0 Å². The minimum atomic E-state index is -0.0658. The SMILES string of the molecule is Cc1csc(C(NC(=O)NCCN(C)C2CC2)C2CC2)n1. The zero-order chi connectivity index (χ0) is 14.8. The van der Waals surface area contributed by atoms with Gasteiger partial charge in [0.1, 0.15) is 5.01 Å². The fourth-order valence-electron chi connectivity index (χ4n) is 2.56. The number of hydrogen-bond acceptors (Lipinski definition) is 4. The number of hydrogen-bond donors (Lipinski definition) is 2. The first-order valence-electron chi connectivity index (χ1n) is 7.80. The molecule has 0 spiro atoms. The van der Waals surface area contributed by atoms with E-state index in [-0.39, 0.29) is 12.1 Å². The minimum Gasteiger partial charge on any atom is -0.337 e. The molecule has 0 aromatic carbocycles. The molecule has 0 saturated heterocycles. The monoisotopic (exact) mass is 308 g/mol. The van der Waals surface area contributed by atoms with Crippen molar-refractivity contribution in [2.45, 2.75) is 44.7 Å². The summed E-state index contributed by atoms with van der Waals surface area (Å²) in [5, 5.41) is 9.17. The highest BCUT2D eigenvalue weighted by atomic mass is 32.1. The molecule has 5 nitrogen and oxygen atoms in total. The molecule has 0 aliphatic heterocycles. The van der Waals surface area contributed by atoms with Crippen molar-refractivity contribution in [2.75, 3.05) is 20.1 Å². The number of nitrogens with one attached hydrogen (secondary N) is 2. The third kappa shape index (κ3) is 4.17. The summed E-state index contributed by atoms with van der Waals surface area (Å²) in [6.07, 6.45) is 4.98. The van der Waals surface area contributed by atoms with Crippen LogP contribution < -0.4 is 10.6 Å². The lowest BCUT2D eigenvalue weighted by atomic mass is 10.2. The molecule has 2 aliphatic carbocycles. The molecule has 1 unspecified atom stereocenters. The lowest BCUT2D eigenvalue weighted by Gasteiger charge is -2.18. The van der Waals surface area contributed by atoms with Crippen LogP contribution in [0.4, 0.5) is 4.79 Å². The Morgan fingerprint density at radius 1 is 1.48 bits per heavy atom. The molecule has 1 atom stereocenters. The maximum absolute atomic E-state index is 12.1. The summed E-state index contributed by atoms with van der Waals surface area (Å²) in [6, 6.07) is 0.765. The van der Waals surface area contributed by atoms with Crippen molar-refractivity contribution in [3.63, 3.8) is 0 Å². The van der Waals surface area contributed by atoms with Gasteiger partial charge in [0, 0.05) is 30.2 Å². The molecule has 116 valence electrons. The van der Waals surface area contributed by atoms with Crippen LogP contribution in [0.25, 0.3) is 0 Å². The number of aryl methyl sites for hydroxylation is 1. The second-order valence-electron chi connectivity index (χ2n) is 6.25. The molecule has 0 radical (unpaired) electrons. The van der Waals surface area contributed by atoms with Crippen LogP contribution in [0.1, 0.15) is 42.4 Å². The van der Waals surface area contributed by atoms with E-state index in [4.69, 9.17) is 0 Å². The molecule has 2 aliphatic rings. The van der Waals surface area contributed by atoms with E-state index in [2.05, 4.69) is 32.9 Å². The smallest absolute Gasteiger partial charge is 0.315 e. The quantitative estimate of drug-likeness (QED) is 0.812. The third-order valence-corrected chi connectivity index (χ3v) is 5.25. The molecule has 1 heterocycles. The minimum absolute atomic E-state index is 0.0658. The number of thiazole rings is 1. The van der Waals surface area contributed by atoms with Crippen LogP contribution >= 0.6 is 11.3 Å². The Morgan fingerprint density at radius 2 is 2.24 bits per heavy atom. The summed E-state index contributed by atoms with van der Waals surface area (Å²) in [4.78, 5) is 18.9. The Bertz CT molecular complexity index is 496. The van der Waals surface area contributed by atoms with Crippen molar-refractivity contribution in [3.05, 3.63) is 16.1 Å². The molecule has 6 heteroatoms. The highest BCUT2D eigenvalue weighted by Crippen LogP contribution is 2.41. The predicted molar refractivity (Wildman–Crippen MR) is 84.5 cm³/mol. The fourth-order valence-corrected chi connectivity index (χ4v) is 3.50. The van der Waals surface area contributed by atoms with Gasteiger partial charge >= 0.3 is 6.03 Å². The average molecular weight is 308 g/mol. The summed E-state index contributed by atoms with van der Waals surface area (Å²) in [5.74, 6) is 0.565. The summed E-state index contributed by atoms with van der Waals surface area (Å²) < 4.78 is 0. The predicted octanol–water partition coefficient (Wildman–Crippen LogP) is 2.30. The topological polar surface area (TPSA) is 57.3 Å². The van der Waals surface area contributed by atoms with E-state index >= 15 is 0 Å². The van der Waals surface area contributed by atoms with Crippen LogP contribution in [0.2, 0.25) is 0 Å². The van der Waals surface area contributed by atoms with Crippen LogP contribution in [-0.2, 0) is 0 Å². The largest absolute Gasteiger partial charge is 0.337 e. The first-order chi connectivity index (χ1) is 10.1. The number of nitrogens with zero attached hydrogens (tertiary/aromatic N) is 2. The van der Waals surface area contributed by atoms with E-state index in [1.54, 1.807) is 11.3 Å². The highest BCUT2D eigenvalue weighted by molar-refractivity contribution is 7.09. The molecule has 3 rings (SSSR count). The van der Waals surface area contributed by atoms with Crippen molar-refractivity contribution in [1.82, 2.24) is 20.5 Å². The van der Waals surface area contributed by atoms with Gasteiger partial charge in [0.25, 0.3) is 0 Å². The molecular weight excluding hydrogens is 284 g/mol. The average Bonchev–Trinajstić information content (AvgIpc) is 3.34. The number of likely N-dealkylation sites (N-methyl/N-ethyl adjacent to an activating group) is 1. The molecule has 21 heavy (non-hydrogen) atoms. The number of carbonyl (C=O) groups excluding carboxylic acids is 1. The molecule has 1 aromatic heterocycles. The molecular formula is C15H24N4OS. The van der Waals surface area contributed by atoms with Crippen LogP contribution in [0, 0.1) is 12.8 Å². The van der Waals surface area contributed by atoms with E-state index in [1.165, 1.54) is 25.7 Å². The maximum Gasteiger partial charge on any atom is 0.315 e. The fraction of sp³-hybridized carbons (Fsp3) is 0.733. The van der Waals surface area contributed by atoms with Gasteiger partial charge in [-0.2, -0.15) is 0 Å². The van der Waals surface area contributed by atoms with Gasteiger partial charge in [-0.05, 0) is 45.6 Å². The zero-order valence-electron chi connectivity index (χ0n) is 12.8. The van der Waals surface area contributed by atoms with Gasteiger partial charge < -0.3 is 15.5 Å². The van der Waals surface area contributed by atoms with Gasteiger partial charge in [-0.1, -0.05) is 0 Å². The van der Waals surface area contributed by atoms with E-state index in [0.717, 1.165) is 23.3 Å². The number of amides is 2. The first-order valence-corrected chi connectivity index (χ1v) is 8.68. The molecule has 2 fully saturated rings. The highest BCUT2D eigenvalue weighted by Gasteiger charge is 2.35. The maximum atomic E-state index is 12.1. The van der Waals surface area contributed by atoms with E-state index in [0.29, 0.717) is 12.5 Å². The molecule has 2 N–H and O–H groups in total. The van der Waals surface area contributed by atoms with Crippen LogP contribution in [-0.4, -0.2) is 42.1 Å². The summed E-state index contributed by atoms with van der Waals surface area (Å²) >= 11 is 1.65. The number of rotatable bonds is 7. The Morgan fingerprint density at radius 3 is 2.81 bits per heavy atom. The second-order valence-corrected chi connectivity index (χ2v) is 7.14. The van der Waals surface area contributed by atoms with Crippen molar-refractivity contribution in [2.24, 2.45) is 5.92 Å². The van der Waals surface area contributed by atoms with Gasteiger partial charge in [0.15, 0.2) is 0 Å². The van der Waals surface area contributed by atoms with Crippen molar-refractivity contribution >= 4 is 17.4 Å². The lowest BCUT2D eigenvalue weighted by Crippen LogP contribution is -2.42. The van der Waals surface area contributed by atoms with Crippen LogP contribution in [0.15, 0.2) is 5.38 Å². The zero-order valence-corrected chi connectivity index (χ0v) is 13.6. The second kappa shape index (κ2) is 6.32. The van der Waals surface area contributed by atoms with E-state index in [9.17, 15) is 4.79 Å². The van der Waals surface area contributed by atoms with E-state index in [1.807, 2.05) is 6.92 Å². The third-order valence-electron chi connectivity index (χ3n) is 4.20. The Hall–Kier alpha value is -1.14.